The number of rotatable bonds is 5. The number of carboxylic acids is 1. The van der Waals surface area contributed by atoms with Gasteiger partial charge in [0.2, 0.25) is 5.91 Å². The van der Waals surface area contributed by atoms with Crippen molar-refractivity contribution in [3.63, 3.8) is 0 Å². The molecule has 0 aliphatic carbocycles. The van der Waals surface area contributed by atoms with Crippen molar-refractivity contribution in [2.75, 3.05) is 13.1 Å². The molecule has 3 heterocycles. The number of alkyl halides is 3. The number of halogens is 3. The molecule has 168 valence electrons. The number of hydrogen-bond donors (Lipinski definition) is 1. The summed E-state index contributed by atoms with van der Waals surface area (Å²) in [6.07, 6.45) is 1.74. The number of aliphatic carboxylic acids is 1. The number of carbonyl (C=O) groups is 2. The molecule has 1 amide bonds. The quantitative estimate of drug-likeness (QED) is 0.711. The molecule has 30 heavy (non-hydrogen) atoms. The molecule has 6 nitrogen and oxygen atoms in total. The molecule has 2 saturated heterocycles. The number of likely N-dealkylation sites (tertiary alicyclic amines) is 2. The summed E-state index contributed by atoms with van der Waals surface area (Å²) in [4.78, 5) is 25.9. The third kappa shape index (κ3) is 5.24. The molecule has 2 fully saturated rings. The van der Waals surface area contributed by atoms with Crippen LogP contribution < -0.4 is 0 Å². The molecule has 2 aliphatic heterocycles. The minimum atomic E-state index is -5.08. The Hall–Kier alpha value is -2.29. The highest BCUT2D eigenvalue weighted by atomic mass is 19.4. The molecule has 0 bridgehead atoms. The Balaban J connectivity index is 0.000000396. The molecule has 9 heteroatoms. The second-order valence-electron chi connectivity index (χ2n) is 7.71. The fraction of sp³-hybridized carbons (Fsp3) is 0.619. The van der Waals surface area contributed by atoms with Crippen LogP contribution in [-0.2, 0) is 16.1 Å². The summed E-state index contributed by atoms with van der Waals surface area (Å²) in [5.41, 5.74) is -0.0140. The van der Waals surface area contributed by atoms with Crippen molar-refractivity contribution in [2.24, 2.45) is 0 Å². The molecular weight excluding hydrogens is 401 g/mol. The van der Waals surface area contributed by atoms with Crippen LogP contribution in [0.3, 0.4) is 0 Å². The molecule has 1 aromatic heterocycles. The van der Waals surface area contributed by atoms with Gasteiger partial charge in [0.05, 0.1) is 12.1 Å². The van der Waals surface area contributed by atoms with Gasteiger partial charge in [-0.05, 0) is 51.3 Å². The number of carboxylic acid groups (broad SMARTS) is 1. The van der Waals surface area contributed by atoms with Gasteiger partial charge in [0, 0.05) is 19.0 Å². The summed E-state index contributed by atoms with van der Waals surface area (Å²) in [7, 11) is 0. The van der Waals surface area contributed by atoms with E-state index in [2.05, 4.69) is 29.4 Å². The fourth-order valence-corrected chi connectivity index (χ4v) is 4.71. The lowest BCUT2D eigenvalue weighted by atomic mass is 9.77. The first-order chi connectivity index (χ1) is 14.0. The summed E-state index contributed by atoms with van der Waals surface area (Å²) < 4.78 is 37.5. The van der Waals surface area contributed by atoms with E-state index in [-0.39, 0.29) is 5.54 Å². The van der Waals surface area contributed by atoms with Crippen LogP contribution in [0.5, 0.6) is 0 Å². The Morgan fingerprint density at radius 3 is 2.57 bits per heavy atom. The van der Waals surface area contributed by atoms with Crippen molar-refractivity contribution in [1.82, 2.24) is 9.80 Å². The van der Waals surface area contributed by atoms with Crippen LogP contribution in [0, 0.1) is 6.92 Å². The summed E-state index contributed by atoms with van der Waals surface area (Å²) in [6.45, 7) is 10.7. The Bertz CT molecular complexity index is 762. The van der Waals surface area contributed by atoms with Crippen LogP contribution in [0.1, 0.15) is 50.5 Å². The van der Waals surface area contributed by atoms with Crippen LogP contribution in [0.4, 0.5) is 13.2 Å². The Labute approximate surface area is 174 Å². The SMILES string of the molecule is C=CCN1C(=O)CC[C@]12CCCN(Cc1ccc(C)o1)[C@H]2CC.O=C(O)C(F)(F)F. The van der Waals surface area contributed by atoms with Gasteiger partial charge in [-0.3, -0.25) is 9.69 Å². The summed E-state index contributed by atoms with van der Waals surface area (Å²) in [5, 5.41) is 7.12. The minimum absolute atomic E-state index is 0.0140. The predicted octanol–water partition coefficient (Wildman–Crippen LogP) is 4.14. The van der Waals surface area contributed by atoms with Crippen molar-refractivity contribution in [3.8, 4) is 0 Å². The van der Waals surface area contributed by atoms with Crippen LogP contribution in [0.2, 0.25) is 0 Å². The van der Waals surface area contributed by atoms with Crippen molar-refractivity contribution in [2.45, 2.75) is 70.3 Å². The third-order valence-corrected chi connectivity index (χ3v) is 5.82. The first-order valence-corrected chi connectivity index (χ1v) is 10.1. The maximum Gasteiger partial charge on any atom is 0.490 e. The first-order valence-electron chi connectivity index (χ1n) is 10.1. The van der Waals surface area contributed by atoms with Gasteiger partial charge in [-0.1, -0.05) is 13.0 Å². The average Bonchev–Trinajstić information content (AvgIpc) is 3.21. The normalized spacial score (nSPS) is 24.6. The topological polar surface area (TPSA) is 74.0 Å². The number of hydrogen-bond acceptors (Lipinski definition) is 4. The summed E-state index contributed by atoms with van der Waals surface area (Å²) in [5.74, 6) is -0.478. The molecule has 0 radical (unpaired) electrons. The van der Waals surface area contributed by atoms with E-state index in [1.165, 1.54) is 0 Å². The predicted molar refractivity (Wildman–Crippen MR) is 105 cm³/mol. The van der Waals surface area contributed by atoms with Crippen LogP contribution in [-0.4, -0.2) is 57.6 Å². The lowest BCUT2D eigenvalue weighted by Crippen LogP contribution is -2.62. The minimum Gasteiger partial charge on any atom is -0.475 e. The zero-order valence-corrected chi connectivity index (χ0v) is 17.4. The van der Waals surface area contributed by atoms with E-state index in [1.54, 1.807) is 0 Å². The maximum absolute atomic E-state index is 12.4. The van der Waals surface area contributed by atoms with Crippen LogP contribution in [0.15, 0.2) is 29.2 Å². The number of aryl methyl sites for hydroxylation is 1. The van der Waals surface area contributed by atoms with Gasteiger partial charge in [0.1, 0.15) is 11.5 Å². The number of amides is 1. The van der Waals surface area contributed by atoms with E-state index in [9.17, 15) is 18.0 Å². The highest BCUT2D eigenvalue weighted by Crippen LogP contribution is 2.43. The lowest BCUT2D eigenvalue weighted by Gasteiger charge is -2.52. The van der Waals surface area contributed by atoms with Gasteiger partial charge in [0.25, 0.3) is 0 Å². The first kappa shape index (κ1) is 24.0. The molecule has 3 rings (SSSR count). The molecule has 0 saturated carbocycles. The van der Waals surface area contributed by atoms with E-state index in [1.807, 2.05) is 19.1 Å². The van der Waals surface area contributed by atoms with Gasteiger partial charge in [0.15, 0.2) is 0 Å². The van der Waals surface area contributed by atoms with Crippen molar-refractivity contribution < 1.29 is 32.3 Å². The van der Waals surface area contributed by atoms with E-state index >= 15 is 0 Å². The molecule has 1 aromatic rings. The second-order valence-corrected chi connectivity index (χ2v) is 7.71. The summed E-state index contributed by atoms with van der Waals surface area (Å²) >= 11 is 0. The third-order valence-electron chi connectivity index (χ3n) is 5.82. The highest BCUT2D eigenvalue weighted by Gasteiger charge is 2.52. The summed E-state index contributed by atoms with van der Waals surface area (Å²) in [6, 6.07) is 4.50. The Kier molecular flexibility index (Phi) is 7.74. The van der Waals surface area contributed by atoms with E-state index in [4.69, 9.17) is 14.3 Å². The zero-order valence-electron chi connectivity index (χ0n) is 17.4. The second kappa shape index (κ2) is 9.68. The lowest BCUT2D eigenvalue weighted by molar-refractivity contribution is -0.192. The molecule has 0 aromatic carbocycles. The molecule has 2 aliphatic rings. The van der Waals surface area contributed by atoms with Crippen molar-refractivity contribution in [3.05, 3.63) is 36.3 Å². The average molecular weight is 430 g/mol. The molecule has 1 spiro atoms. The van der Waals surface area contributed by atoms with E-state index in [0.29, 0.717) is 24.9 Å². The molecular formula is C21H29F3N2O4. The largest absolute Gasteiger partial charge is 0.490 e. The monoisotopic (exact) mass is 430 g/mol. The van der Waals surface area contributed by atoms with E-state index < -0.39 is 12.1 Å². The Morgan fingerprint density at radius 1 is 1.40 bits per heavy atom. The number of furan rings is 1. The van der Waals surface area contributed by atoms with E-state index in [0.717, 1.165) is 50.3 Å². The van der Waals surface area contributed by atoms with Crippen molar-refractivity contribution in [1.29, 1.82) is 0 Å². The van der Waals surface area contributed by atoms with Gasteiger partial charge < -0.3 is 14.4 Å². The number of carbonyl (C=O) groups excluding carboxylic acids is 1. The van der Waals surface area contributed by atoms with Gasteiger partial charge in [-0.25, -0.2) is 4.79 Å². The molecule has 0 unspecified atom stereocenters. The Morgan fingerprint density at radius 2 is 2.07 bits per heavy atom. The fourth-order valence-electron chi connectivity index (χ4n) is 4.71. The number of nitrogens with zero attached hydrogens (tertiary/aromatic N) is 2. The van der Waals surface area contributed by atoms with Gasteiger partial charge in [-0.2, -0.15) is 13.2 Å². The van der Waals surface area contributed by atoms with Crippen LogP contribution in [0.25, 0.3) is 0 Å². The van der Waals surface area contributed by atoms with Gasteiger partial charge in [-0.15, -0.1) is 6.58 Å². The highest BCUT2D eigenvalue weighted by molar-refractivity contribution is 5.80. The number of piperidine rings is 1. The van der Waals surface area contributed by atoms with Gasteiger partial charge >= 0.3 is 12.1 Å². The van der Waals surface area contributed by atoms with Crippen molar-refractivity contribution >= 4 is 11.9 Å². The zero-order chi connectivity index (χ0) is 22.5. The maximum atomic E-state index is 12.4. The smallest absolute Gasteiger partial charge is 0.475 e. The molecule has 1 N–H and O–H groups in total. The van der Waals surface area contributed by atoms with Crippen LogP contribution >= 0.6 is 0 Å². The molecule has 2 atom stereocenters. The standard InChI is InChI=1S/C19H28N2O2.C2HF3O2/c1-4-12-21-18(22)9-11-19(21)10-6-13-20(17(19)5-2)14-16-8-7-15(3)23-16;3-2(4,5)1(6)7/h4,7-8,17H,1,5-6,9-14H2,2-3H3;(H,6,7)/t17-,19-;/m0./s1.